The van der Waals surface area contributed by atoms with Crippen LogP contribution in [-0.2, 0) is 17.8 Å². The van der Waals surface area contributed by atoms with Crippen molar-refractivity contribution in [3.63, 3.8) is 0 Å². The normalized spacial score (nSPS) is 18.6. The number of nitrogens with one attached hydrogen (secondary N) is 2. The Morgan fingerprint density at radius 1 is 1.06 bits per heavy atom. The second kappa shape index (κ2) is 9.83. The summed E-state index contributed by atoms with van der Waals surface area (Å²) in [6.07, 6.45) is 2.06. The maximum Gasteiger partial charge on any atom is 0.220 e. The highest BCUT2D eigenvalue weighted by Gasteiger charge is 2.28. The SMILES string of the molecule is O=C(CC1CCNCC1Cc1cc(-c2ccc(F)cc2)on1)NCc1ccc(F)cc1. The number of hydrogen-bond donors (Lipinski definition) is 2. The van der Waals surface area contributed by atoms with Gasteiger partial charge in [0.2, 0.25) is 5.91 Å². The fraction of sp³-hybridized carbons (Fsp3) is 0.333. The second-order valence-electron chi connectivity index (χ2n) is 8.01. The lowest BCUT2D eigenvalue weighted by molar-refractivity contribution is -0.122. The number of aromatic nitrogens is 1. The van der Waals surface area contributed by atoms with E-state index >= 15 is 0 Å². The number of nitrogens with zero attached hydrogens (tertiary/aromatic N) is 1. The van der Waals surface area contributed by atoms with Crippen LogP contribution in [0, 0.1) is 23.5 Å². The lowest BCUT2D eigenvalue weighted by Gasteiger charge is -2.31. The number of benzene rings is 2. The van der Waals surface area contributed by atoms with E-state index in [0.29, 0.717) is 25.1 Å². The van der Waals surface area contributed by atoms with Gasteiger partial charge in [0.25, 0.3) is 0 Å². The first kappa shape index (κ1) is 21.2. The van der Waals surface area contributed by atoms with Crippen LogP contribution < -0.4 is 10.6 Å². The molecule has 1 aliphatic heterocycles. The molecule has 7 heteroatoms. The Balaban J connectivity index is 1.33. The molecule has 3 aromatic rings. The van der Waals surface area contributed by atoms with Crippen LogP contribution in [0.5, 0.6) is 0 Å². The summed E-state index contributed by atoms with van der Waals surface area (Å²) in [5, 5.41) is 10.5. The molecule has 1 amide bonds. The van der Waals surface area contributed by atoms with Gasteiger partial charge in [0.15, 0.2) is 5.76 Å². The van der Waals surface area contributed by atoms with Crippen molar-refractivity contribution in [2.75, 3.05) is 13.1 Å². The van der Waals surface area contributed by atoms with Crippen molar-refractivity contribution in [2.45, 2.75) is 25.8 Å². The number of amides is 1. The molecule has 1 aliphatic rings. The van der Waals surface area contributed by atoms with E-state index in [1.165, 1.54) is 24.3 Å². The summed E-state index contributed by atoms with van der Waals surface area (Å²) in [4.78, 5) is 12.5. The van der Waals surface area contributed by atoms with Crippen LogP contribution >= 0.6 is 0 Å². The predicted octanol–water partition coefficient (Wildman–Crippen LogP) is 4.09. The van der Waals surface area contributed by atoms with Crippen LogP contribution in [0.3, 0.4) is 0 Å². The molecule has 1 aromatic heterocycles. The van der Waals surface area contributed by atoms with Crippen molar-refractivity contribution in [1.82, 2.24) is 15.8 Å². The average Bonchev–Trinajstić information content (AvgIpc) is 3.24. The van der Waals surface area contributed by atoms with Gasteiger partial charge in [-0.2, -0.15) is 0 Å². The van der Waals surface area contributed by atoms with Crippen LogP contribution in [0.2, 0.25) is 0 Å². The van der Waals surface area contributed by atoms with Crippen LogP contribution in [0.1, 0.15) is 24.1 Å². The van der Waals surface area contributed by atoms with E-state index in [0.717, 1.165) is 36.3 Å². The Labute approximate surface area is 179 Å². The molecule has 0 radical (unpaired) electrons. The molecule has 2 aromatic carbocycles. The Morgan fingerprint density at radius 2 is 1.77 bits per heavy atom. The maximum absolute atomic E-state index is 13.1. The third-order valence-electron chi connectivity index (χ3n) is 5.77. The number of halogens is 2. The van der Waals surface area contributed by atoms with E-state index in [4.69, 9.17) is 4.52 Å². The van der Waals surface area contributed by atoms with Gasteiger partial charge in [-0.1, -0.05) is 17.3 Å². The van der Waals surface area contributed by atoms with Crippen LogP contribution in [0.25, 0.3) is 11.3 Å². The molecule has 0 aliphatic carbocycles. The number of hydrogen-bond acceptors (Lipinski definition) is 4. The van der Waals surface area contributed by atoms with Gasteiger partial charge in [-0.25, -0.2) is 8.78 Å². The minimum absolute atomic E-state index is 0.00613. The van der Waals surface area contributed by atoms with Crippen LogP contribution in [0.15, 0.2) is 59.1 Å². The topological polar surface area (TPSA) is 67.2 Å². The Hall–Kier alpha value is -3.06. The Bertz CT molecular complexity index is 1000. The van der Waals surface area contributed by atoms with Gasteiger partial charge >= 0.3 is 0 Å². The fourth-order valence-electron chi connectivity index (χ4n) is 4.02. The Morgan fingerprint density at radius 3 is 2.52 bits per heavy atom. The molecule has 1 saturated heterocycles. The number of carbonyl (C=O) groups is 1. The molecule has 0 spiro atoms. The Kier molecular flexibility index (Phi) is 6.72. The third-order valence-corrected chi connectivity index (χ3v) is 5.77. The quantitative estimate of drug-likeness (QED) is 0.598. The summed E-state index contributed by atoms with van der Waals surface area (Å²) in [5.74, 6) is 0.512. The zero-order chi connectivity index (χ0) is 21.6. The summed E-state index contributed by atoms with van der Waals surface area (Å²) in [6.45, 7) is 2.08. The summed E-state index contributed by atoms with van der Waals surface area (Å²) in [7, 11) is 0. The summed E-state index contributed by atoms with van der Waals surface area (Å²) in [6, 6.07) is 14.1. The number of rotatable bonds is 7. The molecule has 2 atom stereocenters. The van der Waals surface area contributed by atoms with E-state index in [2.05, 4.69) is 15.8 Å². The molecule has 0 saturated carbocycles. The number of carbonyl (C=O) groups excluding carboxylic acids is 1. The largest absolute Gasteiger partial charge is 0.356 e. The monoisotopic (exact) mass is 425 g/mol. The van der Waals surface area contributed by atoms with Crippen molar-refractivity contribution in [3.05, 3.63) is 77.5 Å². The van der Waals surface area contributed by atoms with Crippen molar-refractivity contribution in [2.24, 2.45) is 11.8 Å². The number of piperidine rings is 1. The molecule has 162 valence electrons. The van der Waals surface area contributed by atoms with Gasteiger partial charge in [0.05, 0.1) is 5.69 Å². The van der Waals surface area contributed by atoms with E-state index in [-0.39, 0.29) is 29.4 Å². The molecular formula is C24H25F2N3O2. The molecule has 2 unspecified atom stereocenters. The van der Waals surface area contributed by atoms with E-state index < -0.39 is 0 Å². The highest BCUT2D eigenvalue weighted by Crippen LogP contribution is 2.28. The van der Waals surface area contributed by atoms with Gasteiger partial charge < -0.3 is 15.2 Å². The third kappa shape index (κ3) is 5.76. The highest BCUT2D eigenvalue weighted by molar-refractivity contribution is 5.76. The minimum atomic E-state index is -0.294. The van der Waals surface area contributed by atoms with Gasteiger partial charge in [-0.15, -0.1) is 0 Å². The average molecular weight is 425 g/mol. The maximum atomic E-state index is 13.1. The molecule has 0 bridgehead atoms. The first-order valence-corrected chi connectivity index (χ1v) is 10.5. The molecule has 4 rings (SSSR count). The van der Waals surface area contributed by atoms with Gasteiger partial charge in [0, 0.05) is 24.6 Å². The second-order valence-corrected chi connectivity index (χ2v) is 8.01. The van der Waals surface area contributed by atoms with Crippen molar-refractivity contribution in [1.29, 1.82) is 0 Å². The van der Waals surface area contributed by atoms with Gasteiger partial charge in [-0.05, 0) is 79.7 Å². The summed E-state index contributed by atoms with van der Waals surface area (Å²) in [5.41, 5.74) is 2.47. The molecule has 31 heavy (non-hydrogen) atoms. The minimum Gasteiger partial charge on any atom is -0.356 e. The molecule has 2 heterocycles. The zero-order valence-electron chi connectivity index (χ0n) is 17.1. The van der Waals surface area contributed by atoms with Gasteiger partial charge in [-0.3, -0.25) is 4.79 Å². The predicted molar refractivity (Wildman–Crippen MR) is 113 cm³/mol. The van der Waals surface area contributed by atoms with Crippen LogP contribution in [-0.4, -0.2) is 24.2 Å². The molecule has 2 N–H and O–H groups in total. The smallest absolute Gasteiger partial charge is 0.220 e. The van der Waals surface area contributed by atoms with E-state index in [1.54, 1.807) is 24.3 Å². The van der Waals surface area contributed by atoms with E-state index in [9.17, 15) is 13.6 Å². The lowest BCUT2D eigenvalue weighted by atomic mass is 9.81. The highest BCUT2D eigenvalue weighted by atomic mass is 19.1. The lowest BCUT2D eigenvalue weighted by Crippen LogP contribution is -2.40. The summed E-state index contributed by atoms with van der Waals surface area (Å²) < 4.78 is 31.6. The standard InChI is InChI=1S/C24H25F2N3O2/c25-20-5-1-16(2-6-20)14-28-24(30)12-18-9-10-27-15-19(18)11-22-13-23(31-29-22)17-3-7-21(26)8-4-17/h1-8,13,18-19,27H,9-12,14-15H2,(H,28,30). The van der Waals surface area contributed by atoms with Crippen molar-refractivity contribution < 1.29 is 18.1 Å². The first-order valence-electron chi connectivity index (χ1n) is 10.5. The molecular weight excluding hydrogens is 400 g/mol. The first-order chi connectivity index (χ1) is 15.1. The van der Waals surface area contributed by atoms with Crippen molar-refractivity contribution >= 4 is 5.91 Å². The van der Waals surface area contributed by atoms with Crippen molar-refractivity contribution in [3.8, 4) is 11.3 Å². The summed E-state index contributed by atoms with van der Waals surface area (Å²) >= 11 is 0. The van der Waals surface area contributed by atoms with Crippen LogP contribution in [0.4, 0.5) is 8.78 Å². The molecule has 5 nitrogen and oxygen atoms in total. The van der Waals surface area contributed by atoms with Gasteiger partial charge in [0.1, 0.15) is 11.6 Å². The fourth-order valence-corrected chi connectivity index (χ4v) is 4.02. The van der Waals surface area contributed by atoms with E-state index in [1.807, 2.05) is 6.07 Å². The molecule has 1 fully saturated rings. The zero-order valence-corrected chi connectivity index (χ0v) is 17.1.